The molecule has 0 amide bonds. The molecule has 2 aliphatic heterocycles. The molecule has 1 atom stereocenters. The van der Waals surface area contributed by atoms with Crippen LogP contribution in [-0.4, -0.2) is 42.0 Å². The van der Waals surface area contributed by atoms with Gasteiger partial charge in [0.25, 0.3) is 0 Å². The van der Waals surface area contributed by atoms with Crippen LogP contribution in [0.4, 0.5) is 11.8 Å². The van der Waals surface area contributed by atoms with Gasteiger partial charge in [-0.05, 0) is 35.8 Å². The summed E-state index contributed by atoms with van der Waals surface area (Å²) in [6.45, 7) is 2.21. The molecule has 0 radical (unpaired) electrons. The Labute approximate surface area is 128 Å². The first-order valence-electron chi connectivity index (χ1n) is 7.40. The molecular weight excluding hydrogens is 278 g/mol. The number of nitrogens with one attached hydrogen (secondary N) is 1. The fraction of sp³-hybridized carbons (Fsp3) is 0.312. The molecule has 3 heterocycles. The minimum Gasteiger partial charge on any atom is -0.379 e. The fourth-order valence-corrected chi connectivity index (χ4v) is 2.83. The molecule has 4 rings (SSSR count). The molecule has 0 bridgehead atoms. The predicted molar refractivity (Wildman–Crippen MR) is 88.1 cm³/mol. The molecule has 2 aromatic rings. The van der Waals surface area contributed by atoms with Gasteiger partial charge in [0.15, 0.2) is 0 Å². The molecule has 1 aromatic heterocycles. The Hall–Kier alpha value is -2.47. The summed E-state index contributed by atoms with van der Waals surface area (Å²) in [7, 11) is 0. The van der Waals surface area contributed by atoms with Crippen LogP contribution in [0.25, 0.3) is 16.5 Å². The number of benzene rings is 1. The Morgan fingerprint density at radius 1 is 1.27 bits per heavy atom. The monoisotopic (exact) mass is 295 g/mol. The topological polar surface area (TPSA) is 85.4 Å². The SMILES string of the molecule is Nc1nc(N[C@H]2CCOC2)c2ccc(C3=CC=NC3)cc2n1. The van der Waals surface area contributed by atoms with Crippen molar-refractivity contribution >= 4 is 34.5 Å². The summed E-state index contributed by atoms with van der Waals surface area (Å²) >= 11 is 0. The van der Waals surface area contributed by atoms with Crippen molar-refractivity contribution < 1.29 is 4.74 Å². The van der Waals surface area contributed by atoms with Gasteiger partial charge in [-0.2, -0.15) is 4.98 Å². The van der Waals surface area contributed by atoms with Gasteiger partial charge in [0.1, 0.15) is 5.82 Å². The van der Waals surface area contributed by atoms with Crippen molar-refractivity contribution in [3.63, 3.8) is 0 Å². The van der Waals surface area contributed by atoms with E-state index in [1.54, 1.807) is 0 Å². The standard InChI is InChI=1S/C16H17N5O/c17-16-20-14-7-10(11-3-5-18-8-11)1-2-13(14)15(21-16)19-12-4-6-22-9-12/h1-3,5,7,12H,4,6,8-9H2,(H3,17,19,20,21)/t12-/m0/s1. The zero-order valence-corrected chi connectivity index (χ0v) is 12.1. The number of aliphatic imine (C=N–C) groups is 1. The summed E-state index contributed by atoms with van der Waals surface area (Å²) in [5.74, 6) is 1.06. The van der Waals surface area contributed by atoms with E-state index < -0.39 is 0 Å². The number of aromatic nitrogens is 2. The second kappa shape index (κ2) is 5.38. The summed E-state index contributed by atoms with van der Waals surface area (Å²) in [6.07, 6.45) is 4.84. The molecule has 6 heteroatoms. The molecule has 1 saturated heterocycles. The molecule has 2 aliphatic rings. The van der Waals surface area contributed by atoms with E-state index in [4.69, 9.17) is 10.5 Å². The molecule has 0 aliphatic carbocycles. The lowest BCUT2D eigenvalue weighted by Gasteiger charge is -2.14. The number of nitrogens with zero attached hydrogens (tertiary/aromatic N) is 3. The maximum Gasteiger partial charge on any atom is 0.222 e. The number of anilines is 2. The average molecular weight is 295 g/mol. The lowest BCUT2D eigenvalue weighted by Crippen LogP contribution is -2.20. The van der Waals surface area contributed by atoms with Crippen molar-refractivity contribution in [2.45, 2.75) is 12.5 Å². The first-order valence-corrected chi connectivity index (χ1v) is 7.40. The van der Waals surface area contributed by atoms with Crippen molar-refractivity contribution in [3.8, 4) is 0 Å². The first-order chi connectivity index (χ1) is 10.8. The van der Waals surface area contributed by atoms with Gasteiger partial charge in [-0.15, -0.1) is 0 Å². The Kier molecular flexibility index (Phi) is 3.23. The van der Waals surface area contributed by atoms with E-state index in [-0.39, 0.29) is 12.0 Å². The van der Waals surface area contributed by atoms with E-state index in [0.29, 0.717) is 6.61 Å². The molecule has 0 spiro atoms. The van der Waals surface area contributed by atoms with E-state index in [9.17, 15) is 0 Å². The zero-order valence-electron chi connectivity index (χ0n) is 12.1. The van der Waals surface area contributed by atoms with Crippen LogP contribution >= 0.6 is 0 Å². The van der Waals surface area contributed by atoms with Crippen LogP contribution in [0.3, 0.4) is 0 Å². The van der Waals surface area contributed by atoms with E-state index >= 15 is 0 Å². The molecule has 1 fully saturated rings. The number of rotatable bonds is 3. The van der Waals surface area contributed by atoms with Crippen molar-refractivity contribution in [1.29, 1.82) is 0 Å². The number of hydrogen-bond donors (Lipinski definition) is 2. The molecule has 0 saturated carbocycles. The maximum absolute atomic E-state index is 5.87. The second-order valence-electron chi connectivity index (χ2n) is 5.55. The maximum atomic E-state index is 5.87. The number of fused-ring (bicyclic) bond motifs is 1. The van der Waals surface area contributed by atoms with Crippen LogP contribution in [0, 0.1) is 0 Å². The van der Waals surface area contributed by atoms with Crippen LogP contribution < -0.4 is 11.1 Å². The third kappa shape index (κ3) is 2.42. The highest BCUT2D eigenvalue weighted by atomic mass is 16.5. The zero-order chi connectivity index (χ0) is 14.9. The molecule has 6 nitrogen and oxygen atoms in total. The normalized spacial score (nSPS) is 20.5. The highest BCUT2D eigenvalue weighted by Gasteiger charge is 2.18. The number of hydrogen-bond acceptors (Lipinski definition) is 6. The molecule has 3 N–H and O–H groups in total. The van der Waals surface area contributed by atoms with Gasteiger partial charge in [0.2, 0.25) is 5.95 Å². The first kappa shape index (κ1) is 13.2. The minimum atomic E-state index is 0.280. The van der Waals surface area contributed by atoms with Crippen molar-refractivity contribution in [2.75, 3.05) is 30.8 Å². The van der Waals surface area contributed by atoms with Crippen molar-refractivity contribution in [1.82, 2.24) is 9.97 Å². The largest absolute Gasteiger partial charge is 0.379 e. The molecule has 0 unspecified atom stereocenters. The van der Waals surface area contributed by atoms with Gasteiger partial charge in [0.05, 0.1) is 24.7 Å². The summed E-state index contributed by atoms with van der Waals surface area (Å²) in [4.78, 5) is 12.9. The van der Waals surface area contributed by atoms with E-state index in [1.165, 1.54) is 5.57 Å². The summed E-state index contributed by atoms with van der Waals surface area (Å²) < 4.78 is 5.40. The third-order valence-corrected chi connectivity index (χ3v) is 4.00. The Morgan fingerprint density at radius 3 is 3.00 bits per heavy atom. The van der Waals surface area contributed by atoms with Gasteiger partial charge in [-0.25, -0.2) is 4.98 Å². The molecule has 112 valence electrons. The van der Waals surface area contributed by atoms with Gasteiger partial charge in [0, 0.05) is 18.2 Å². The highest BCUT2D eigenvalue weighted by Crippen LogP contribution is 2.27. The Bertz CT molecular complexity index is 777. The lowest BCUT2D eigenvalue weighted by atomic mass is 10.0. The fourth-order valence-electron chi connectivity index (χ4n) is 2.83. The Balaban J connectivity index is 1.73. The average Bonchev–Trinajstić information content (AvgIpc) is 3.20. The third-order valence-electron chi connectivity index (χ3n) is 4.00. The van der Waals surface area contributed by atoms with Crippen molar-refractivity contribution in [2.24, 2.45) is 4.99 Å². The van der Waals surface area contributed by atoms with Gasteiger partial charge >= 0.3 is 0 Å². The summed E-state index contributed by atoms with van der Waals surface area (Å²) in [5, 5.41) is 4.39. The number of allylic oxidation sites excluding steroid dienone is 1. The van der Waals surface area contributed by atoms with Crippen molar-refractivity contribution in [3.05, 3.63) is 29.8 Å². The van der Waals surface area contributed by atoms with Gasteiger partial charge < -0.3 is 15.8 Å². The highest BCUT2D eigenvalue weighted by molar-refractivity contribution is 5.95. The van der Waals surface area contributed by atoms with Crippen LogP contribution in [-0.2, 0) is 4.74 Å². The predicted octanol–water partition coefficient (Wildman–Crippen LogP) is 1.88. The van der Waals surface area contributed by atoms with Crippen LogP contribution in [0.5, 0.6) is 0 Å². The smallest absolute Gasteiger partial charge is 0.222 e. The van der Waals surface area contributed by atoms with Crippen LogP contribution in [0.15, 0.2) is 29.3 Å². The lowest BCUT2D eigenvalue weighted by molar-refractivity contribution is 0.195. The van der Waals surface area contributed by atoms with Gasteiger partial charge in [-0.1, -0.05) is 6.07 Å². The summed E-state index contributed by atoms with van der Waals surface area (Å²) in [5.41, 5.74) is 9.03. The molecule has 22 heavy (non-hydrogen) atoms. The molecule has 1 aromatic carbocycles. The molecular formula is C16H17N5O. The van der Waals surface area contributed by atoms with Crippen LogP contribution in [0.1, 0.15) is 12.0 Å². The van der Waals surface area contributed by atoms with Gasteiger partial charge in [-0.3, -0.25) is 4.99 Å². The summed E-state index contributed by atoms with van der Waals surface area (Å²) in [6, 6.07) is 6.45. The Morgan fingerprint density at radius 2 is 2.23 bits per heavy atom. The number of ether oxygens (including phenoxy) is 1. The van der Waals surface area contributed by atoms with Crippen LogP contribution in [0.2, 0.25) is 0 Å². The number of nitrogen functional groups attached to an aromatic ring is 1. The van der Waals surface area contributed by atoms with E-state index in [2.05, 4.69) is 26.3 Å². The quantitative estimate of drug-likeness (QED) is 0.903. The minimum absolute atomic E-state index is 0.280. The van der Waals surface area contributed by atoms with E-state index in [0.717, 1.165) is 41.9 Å². The van der Waals surface area contributed by atoms with E-state index in [1.807, 2.05) is 24.4 Å². The number of nitrogens with two attached hydrogens (primary N) is 1. The second-order valence-corrected chi connectivity index (χ2v) is 5.55.